The van der Waals surface area contributed by atoms with E-state index >= 15 is 0 Å². The molecule has 2 aliphatic heterocycles. The number of hydrogen-bond acceptors (Lipinski definition) is 5. The van der Waals surface area contributed by atoms with Gasteiger partial charge in [0.25, 0.3) is 5.91 Å². The van der Waals surface area contributed by atoms with Gasteiger partial charge in [-0.15, -0.1) is 0 Å². The number of halogens is 5. The highest BCUT2D eigenvalue weighted by atomic mass is 19.4. The number of imidazole rings is 1. The second-order valence-corrected chi connectivity index (χ2v) is 12.0. The second-order valence-electron chi connectivity index (χ2n) is 12.0. The van der Waals surface area contributed by atoms with Crippen molar-refractivity contribution in [3.63, 3.8) is 0 Å². The lowest BCUT2D eigenvalue weighted by molar-refractivity contribution is -0.140. The highest BCUT2D eigenvalue weighted by molar-refractivity contribution is 5.97. The summed E-state index contributed by atoms with van der Waals surface area (Å²) in [6.07, 6.45) is -0.648. The quantitative estimate of drug-likeness (QED) is 0.194. The van der Waals surface area contributed by atoms with Crippen molar-refractivity contribution in [1.82, 2.24) is 24.2 Å². The van der Waals surface area contributed by atoms with Crippen molar-refractivity contribution in [3.05, 3.63) is 120 Å². The van der Waals surface area contributed by atoms with Crippen LogP contribution in [0.25, 0.3) is 17.1 Å². The minimum atomic E-state index is -4.95. The van der Waals surface area contributed by atoms with E-state index in [9.17, 15) is 31.5 Å². The fraction of sp³-hybridized carbons (Fsp3) is 0.257. The number of amides is 1. The molecule has 2 fully saturated rings. The van der Waals surface area contributed by atoms with E-state index in [4.69, 9.17) is 0 Å². The van der Waals surface area contributed by atoms with Crippen molar-refractivity contribution in [2.75, 3.05) is 24.5 Å². The normalized spacial score (nSPS) is 16.2. The Bertz CT molecular complexity index is 1980. The molecule has 48 heavy (non-hydrogen) atoms. The fourth-order valence-corrected chi connectivity index (χ4v) is 6.70. The van der Waals surface area contributed by atoms with E-state index in [1.54, 1.807) is 34.1 Å². The average Bonchev–Trinajstić information content (AvgIpc) is 3.80. The van der Waals surface area contributed by atoms with E-state index in [1.165, 1.54) is 22.9 Å². The predicted molar refractivity (Wildman–Crippen MR) is 167 cm³/mol. The molecule has 3 aromatic carbocycles. The van der Waals surface area contributed by atoms with Crippen LogP contribution < -0.4 is 4.90 Å². The maximum Gasteiger partial charge on any atom is 0.419 e. The Labute approximate surface area is 272 Å². The van der Waals surface area contributed by atoms with Gasteiger partial charge in [-0.3, -0.25) is 9.59 Å². The third-order valence-corrected chi connectivity index (χ3v) is 9.15. The largest absolute Gasteiger partial charge is 0.419 e. The molecule has 0 bridgehead atoms. The van der Waals surface area contributed by atoms with Gasteiger partial charge in [0, 0.05) is 44.5 Å². The summed E-state index contributed by atoms with van der Waals surface area (Å²) in [7, 11) is 0. The van der Waals surface area contributed by atoms with Crippen LogP contribution in [-0.4, -0.2) is 61.1 Å². The fourth-order valence-electron chi connectivity index (χ4n) is 6.70. The molecule has 1 spiro atoms. The first-order valence-electron chi connectivity index (χ1n) is 15.4. The molecule has 2 saturated heterocycles. The number of likely N-dealkylation sites (tertiary alicyclic amines) is 1. The van der Waals surface area contributed by atoms with E-state index in [1.807, 2.05) is 35.2 Å². The number of carbonyl (C=O) groups is 2. The summed E-state index contributed by atoms with van der Waals surface area (Å²) in [6.45, 7) is 1.42. The Morgan fingerprint density at radius 2 is 1.58 bits per heavy atom. The standard InChI is InChI=1S/C35H29F5N6O2/c36-24-6-8-25(9-7-24)45-15-12-32(47)34(45)13-16-44(17-14-34)33(48)29-19-31(30-21-43(22-41-30)20-23-4-2-1-3-5-23)46(42-29)26-10-11-28(37)27(18-26)35(38,39)40/h1-11,18-19,21-22H,12-17,20H2. The van der Waals surface area contributed by atoms with Crippen LogP contribution in [-0.2, 0) is 17.5 Å². The van der Waals surface area contributed by atoms with Gasteiger partial charge in [-0.1, -0.05) is 30.3 Å². The molecule has 4 heterocycles. The van der Waals surface area contributed by atoms with Gasteiger partial charge in [0.05, 0.1) is 23.3 Å². The van der Waals surface area contributed by atoms with Crippen LogP contribution in [0, 0.1) is 11.6 Å². The number of hydrogen-bond donors (Lipinski definition) is 0. The van der Waals surface area contributed by atoms with Crippen molar-refractivity contribution in [3.8, 4) is 17.1 Å². The van der Waals surface area contributed by atoms with Crippen molar-refractivity contribution < 1.29 is 31.5 Å². The molecule has 0 atom stereocenters. The molecule has 5 aromatic rings. The number of nitrogens with zero attached hydrogens (tertiary/aromatic N) is 6. The molecule has 7 rings (SSSR count). The van der Waals surface area contributed by atoms with Gasteiger partial charge in [-0.2, -0.15) is 18.3 Å². The predicted octanol–water partition coefficient (Wildman–Crippen LogP) is 6.54. The van der Waals surface area contributed by atoms with E-state index in [0.29, 0.717) is 50.2 Å². The first-order valence-corrected chi connectivity index (χ1v) is 15.4. The van der Waals surface area contributed by atoms with Gasteiger partial charge < -0.3 is 14.4 Å². The highest BCUT2D eigenvalue weighted by Gasteiger charge is 2.50. The van der Waals surface area contributed by atoms with Crippen molar-refractivity contribution in [2.45, 2.75) is 37.5 Å². The maximum atomic E-state index is 14.2. The zero-order valence-electron chi connectivity index (χ0n) is 25.5. The minimum Gasteiger partial charge on any atom is -0.358 e. The van der Waals surface area contributed by atoms with Gasteiger partial charge in [-0.25, -0.2) is 18.4 Å². The van der Waals surface area contributed by atoms with Crippen LogP contribution in [0.3, 0.4) is 0 Å². The highest BCUT2D eigenvalue weighted by Crippen LogP contribution is 2.40. The van der Waals surface area contributed by atoms with Crippen LogP contribution in [0.2, 0.25) is 0 Å². The molecule has 13 heteroatoms. The minimum absolute atomic E-state index is 0.0374. The summed E-state index contributed by atoms with van der Waals surface area (Å²) in [5, 5.41) is 4.43. The number of anilines is 1. The van der Waals surface area contributed by atoms with Gasteiger partial charge >= 0.3 is 6.18 Å². The first-order chi connectivity index (χ1) is 23.0. The van der Waals surface area contributed by atoms with Crippen molar-refractivity contribution >= 4 is 17.4 Å². The van der Waals surface area contributed by atoms with Gasteiger partial charge in [0.2, 0.25) is 0 Å². The van der Waals surface area contributed by atoms with Gasteiger partial charge in [0.1, 0.15) is 22.9 Å². The molecular weight excluding hydrogens is 631 g/mol. The molecule has 246 valence electrons. The molecule has 0 N–H and O–H groups in total. The smallest absolute Gasteiger partial charge is 0.358 e. The lowest BCUT2D eigenvalue weighted by atomic mass is 9.83. The number of alkyl halides is 3. The number of Topliss-reactive ketones (excluding diaryl/α,β-unsaturated/α-hetero) is 1. The first kappa shape index (κ1) is 31.3. The molecule has 0 radical (unpaired) electrons. The van der Waals surface area contributed by atoms with E-state index in [2.05, 4.69) is 10.1 Å². The van der Waals surface area contributed by atoms with Crippen LogP contribution in [0.1, 0.15) is 40.9 Å². The van der Waals surface area contributed by atoms with Crippen molar-refractivity contribution in [1.29, 1.82) is 0 Å². The Balaban J connectivity index is 1.19. The summed E-state index contributed by atoms with van der Waals surface area (Å²) >= 11 is 0. The summed E-state index contributed by atoms with van der Waals surface area (Å²) in [5.74, 6) is -2.21. The maximum absolute atomic E-state index is 14.2. The molecule has 0 aliphatic carbocycles. The summed E-state index contributed by atoms with van der Waals surface area (Å²) in [4.78, 5) is 35.1. The van der Waals surface area contributed by atoms with E-state index in [-0.39, 0.29) is 41.8 Å². The zero-order valence-corrected chi connectivity index (χ0v) is 25.5. The Kier molecular flexibility index (Phi) is 7.84. The number of benzene rings is 3. The number of ketones is 1. The third kappa shape index (κ3) is 5.73. The summed E-state index contributed by atoms with van der Waals surface area (Å²) in [5.41, 5.74) is -0.102. The molecule has 0 unspecified atom stereocenters. The second kappa shape index (κ2) is 12.0. The molecular formula is C35H29F5N6O2. The average molecular weight is 661 g/mol. The Hall–Kier alpha value is -5.33. The van der Waals surface area contributed by atoms with Crippen molar-refractivity contribution in [2.24, 2.45) is 0 Å². The monoisotopic (exact) mass is 660 g/mol. The van der Waals surface area contributed by atoms with Crippen LogP contribution in [0.15, 0.2) is 91.4 Å². The van der Waals surface area contributed by atoms with E-state index in [0.717, 1.165) is 17.3 Å². The van der Waals surface area contributed by atoms with Crippen LogP contribution in [0.5, 0.6) is 0 Å². The lowest BCUT2D eigenvalue weighted by Crippen LogP contribution is -2.56. The molecule has 0 saturated carbocycles. The molecule has 2 aromatic heterocycles. The number of piperidine rings is 1. The summed E-state index contributed by atoms with van der Waals surface area (Å²) < 4.78 is 71.8. The van der Waals surface area contributed by atoms with Gasteiger partial charge in [0.15, 0.2) is 11.5 Å². The lowest BCUT2D eigenvalue weighted by Gasteiger charge is -2.44. The Morgan fingerprint density at radius 1 is 0.875 bits per heavy atom. The zero-order chi connectivity index (χ0) is 33.6. The molecule has 1 amide bonds. The number of rotatable bonds is 6. The molecule has 2 aliphatic rings. The van der Waals surface area contributed by atoms with E-state index < -0.39 is 29.0 Å². The Morgan fingerprint density at radius 3 is 2.29 bits per heavy atom. The van der Waals surface area contributed by atoms with Gasteiger partial charge in [-0.05, 0) is 66.9 Å². The van der Waals surface area contributed by atoms with Crippen LogP contribution in [0.4, 0.5) is 27.6 Å². The number of aromatic nitrogens is 4. The topological polar surface area (TPSA) is 76.3 Å². The SMILES string of the molecule is O=C(c1cc(-c2cn(Cc3ccccc3)cn2)n(-c2ccc(F)c(C(F)(F)F)c2)n1)N1CCC2(CC1)C(=O)CCN2c1ccc(F)cc1. The van der Waals surface area contributed by atoms with Crippen LogP contribution >= 0.6 is 0 Å². The summed E-state index contributed by atoms with van der Waals surface area (Å²) in [6, 6.07) is 19.6. The third-order valence-electron chi connectivity index (χ3n) is 9.15. The number of carbonyl (C=O) groups excluding carboxylic acids is 2. The molecule has 8 nitrogen and oxygen atoms in total.